The van der Waals surface area contributed by atoms with Crippen molar-refractivity contribution in [2.24, 2.45) is 5.92 Å². The van der Waals surface area contributed by atoms with Gasteiger partial charge in [-0.1, -0.05) is 12.1 Å². The van der Waals surface area contributed by atoms with Crippen LogP contribution < -0.4 is 0 Å². The van der Waals surface area contributed by atoms with E-state index in [-0.39, 0.29) is 5.78 Å². The molecule has 3 nitrogen and oxygen atoms in total. The van der Waals surface area contributed by atoms with Crippen molar-refractivity contribution < 1.29 is 9.53 Å². The van der Waals surface area contributed by atoms with E-state index in [2.05, 4.69) is 4.98 Å². The third-order valence-corrected chi connectivity index (χ3v) is 4.11. The quantitative estimate of drug-likeness (QED) is 0.783. The Labute approximate surface area is 103 Å². The van der Waals surface area contributed by atoms with Gasteiger partial charge in [0.1, 0.15) is 0 Å². The van der Waals surface area contributed by atoms with Crippen LogP contribution in [0.1, 0.15) is 22.6 Å². The molecular formula is C13H13NO2S. The number of rotatable bonds is 3. The summed E-state index contributed by atoms with van der Waals surface area (Å²) in [6.07, 6.45) is 1.57. The van der Waals surface area contributed by atoms with E-state index in [4.69, 9.17) is 4.74 Å². The average molecular weight is 247 g/mol. The van der Waals surface area contributed by atoms with Gasteiger partial charge in [-0.3, -0.25) is 4.79 Å². The fourth-order valence-corrected chi connectivity index (χ4v) is 3.00. The van der Waals surface area contributed by atoms with Crippen LogP contribution in [0.5, 0.6) is 0 Å². The zero-order valence-corrected chi connectivity index (χ0v) is 10.2. The van der Waals surface area contributed by atoms with E-state index in [0.717, 1.165) is 29.9 Å². The number of thiazole rings is 1. The molecule has 17 heavy (non-hydrogen) atoms. The highest BCUT2D eigenvalue weighted by Crippen LogP contribution is 2.25. The first-order valence-electron chi connectivity index (χ1n) is 5.79. The molecule has 1 saturated heterocycles. The number of hydrogen-bond donors (Lipinski definition) is 0. The van der Waals surface area contributed by atoms with Crippen molar-refractivity contribution in [3.8, 4) is 0 Å². The second kappa shape index (κ2) is 4.55. The second-order valence-corrected chi connectivity index (χ2v) is 5.37. The minimum atomic E-state index is 0.154. The van der Waals surface area contributed by atoms with E-state index < -0.39 is 0 Å². The van der Waals surface area contributed by atoms with E-state index in [1.807, 2.05) is 24.3 Å². The summed E-state index contributed by atoms with van der Waals surface area (Å²) in [6, 6.07) is 7.87. The lowest BCUT2D eigenvalue weighted by atomic mass is 10.0. The summed E-state index contributed by atoms with van der Waals surface area (Å²) in [7, 11) is 0. The normalized spacial score (nSPS) is 19.9. The third-order valence-electron chi connectivity index (χ3n) is 3.03. The van der Waals surface area contributed by atoms with Gasteiger partial charge in [0.05, 0.1) is 10.2 Å². The van der Waals surface area contributed by atoms with Gasteiger partial charge in [0.25, 0.3) is 0 Å². The van der Waals surface area contributed by atoms with E-state index in [1.54, 1.807) is 0 Å². The third kappa shape index (κ3) is 2.23. The fraction of sp³-hybridized carbons (Fsp3) is 0.385. The van der Waals surface area contributed by atoms with E-state index in [9.17, 15) is 4.79 Å². The number of carbonyl (C=O) groups excluding carboxylic acids is 1. The molecular weight excluding hydrogens is 234 g/mol. The van der Waals surface area contributed by atoms with Gasteiger partial charge in [0.15, 0.2) is 10.8 Å². The van der Waals surface area contributed by atoms with Crippen molar-refractivity contribution in [1.29, 1.82) is 0 Å². The van der Waals surface area contributed by atoms with Crippen molar-refractivity contribution in [3.63, 3.8) is 0 Å². The van der Waals surface area contributed by atoms with Crippen LogP contribution >= 0.6 is 11.3 Å². The minimum absolute atomic E-state index is 0.154. The lowest BCUT2D eigenvalue weighted by molar-refractivity contribution is 0.0952. The molecule has 0 spiro atoms. The van der Waals surface area contributed by atoms with Crippen molar-refractivity contribution in [2.75, 3.05) is 13.2 Å². The van der Waals surface area contributed by atoms with Gasteiger partial charge >= 0.3 is 0 Å². The van der Waals surface area contributed by atoms with E-state index in [0.29, 0.717) is 17.3 Å². The minimum Gasteiger partial charge on any atom is -0.381 e. The van der Waals surface area contributed by atoms with Gasteiger partial charge in [0, 0.05) is 19.6 Å². The number of ketones is 1. The molecule has 1 aliphatic heterocycles. The predicted octanol–water partition coefficient (Wildman–Crippen LogP) is 2.91. The van der Waals surface area contributed by atoms with E-state index >= 15 is 0 Å². The molecule has 0 N–H and O–H groups in total. The van der Waals surface area contributed by atoms with Gasteiger partial charge in [-0.15, -0.1) is 11.3 Å². The maximum absolute atomic E-state index is 12.1. The van der Waals surface area contributed by atoms with Crippen molar-refractivity contribution >= 4 is 27.3 Å². The van der Waals surface area contributed by atoms with Gasteiger partial charge < -0.3 is 4.74 Å². The van der Waals surface area contributed by atoms with Crippen LogP contribution in [-0.4, -0.2) is 24.0 Å². The smallest absolute Gasteiger partial charge is 0.191 e. The predicted molar refractivity (Wildman–Crippen MR) is 67.5 cm³/mol. The summed E-state index contributed by atoms with van der Waals surface area (Å²) in [4.78, 5) is 16.4. The molecule has 2 aromatic rings. The first kappa shape index (κ1) is 10.9. The first-order valence-corrected chi connectivity index (χ1v) is 6.61. The van der Waals surface area contributed by atoms with Crippen LogP contribution in [-0.2, 0) is 4.74 Å². The topological polar surface area (TPSA) is 39.2 Å². The standard InChI is InChI=1S/C13H13NO2S/c15-11(7-9-5-6-16-8-9)13-14-10-3-1-2-4-12(10)17-13/h1-4,9H,5-8H2. The number of benzene rings is 1. The first-order chi connectivity index (χ1) is 8.33. The highest BCUT2D eigenvalue weighted by atomic mass is 32.1. The van der Waals surface area contributed by atoms with Gasteiger partial charge in [0.2, 0.25) is 0 Å². The maximum Gasteiger partial charge on any atom is 0.191 e. The SMILES string of the molecule is O=C(CC1CCOC1)c1nc2ccccc2s1. The Morgan fingerprint density at radius 1 is 1.47 bits per heavy atom. The fourth-order valence-electron chi connectivity index (χ4n) is 2.09. The molecule has 1 fully saturated rings. The number of aromatic nitrogens is 1. The van der Waals surface area contributed by atoms with E-state index in [1.165, 1.54) is 11.3 Å². The summed E-state index contributed by atoms with van der Waals surface area (Å²) in [6.45, 7) is 1.51. The number of Topliss-reactive ketones (excluding diaryl/α,β-unsaturated/α-hetero) is 1. The zero-order chi connectivity index (χ0) is 11.7. The van der Waals surface area contributed by atoms with Crippen LogP contribution in [0.4, 0.5) is 0 Å². The van der Waals surface area contributed by atoms with Crippen LogP contribution in [0.2, 0.25) is 0 Å². The molecule has 0 radical (unpaired) electrons. The molecule has 2 heterocycles. The van der Waals surface area contributed by atoms with Crippen LogP contribution in [0.25, 0.3) is 10.2 Å². The molecule has 1 atom stereocenters. The Morgan fingerprint density at radius 2 is 2.35 bits per heavy atom. The van der Waals surface area contributed by atoms with Crippen LogP contribution in [0.3, 0.4) is 0 Å². The molecule has 0 bridgehead atoms. The highest BCUT2D eigenvalue weighted by molar-refractivity contribution is 7.20. The maximum atomic E-state index is 12.1. The number of ether oxygens (including phenoxy) is 1. The molecule has 0 saturated carbocycles. The molecule has 1 aromatic heterocycles. The second-order valence-electron chi connectivity index (χ2n) is 4.34. The molecule has 4 heteroatoms. The van der Waals surface area contributed by atoms with Crippen molar-refractivity contribution in [3.05, 3.63) is 29.3 Å². The molecule has 88 valence electrons. The number of nitrogens with zero attached hydrogens (tertiary/aromatic N) is 1. The van der Waals surface area contributed by atoms with Crippen LogP contribution in [0, 0.1) is 5.92 Å². The molecule has 0 amide bonds. The molecule has 1 aliphatic rings. The summed E-state index contributed by atoms with van der Waals surface area (Å²) >= 11 is 1.49. The number of hydrogen-bond acceptors (Lipinski definition) is 4. The summed E-state index contributed by atoms with van der Waals surface area (Å²) in [5.74, 6) is 0.538. The highest BCUT2D eigenvalue weighted by Gasteiger charge is 2.21. The van der Waals surface area contributed by atoms with Gasteiger partial charge in [-0.2, -0.15) is 0 Å². The number of para-hydroxylation sites is 1. The number of fused-ring (bicyclic) bond motifs is 1. The Morgan fingerprint density at radius 3 is 3.12 bits per heavy atom. The average Bonchev–Trinajstić information content (AvgIpc) is 2.96. The lowest BCUT2D eigenvalue weighted by Crippen LogP contribution is -2.08. The number of carbonyl (C=O) groups is 1. The van der Waals surface area contributed by atoms with Crippen molar-refractivity contribution in [2.45, 2.75) is 12.8 Å². The Hall–Kier alpha value is -1.26. The molecule has 3 rings (SSSR count). The molecule has 0 aliphatic carbocycles. The zero-order valence-electron chi connectivity index (χ0n) is 9.39. The Balaban J connectivity index is 1.80. The summed E-state index contributed by atoms with van der Waals surface area (Å²) in [5.41, 5.74) is 0.920. The Kier molecular flexibility index (Phi) is 2.91. The Bertz CT molecular complexity index is 510. The molecule has 1 unspecified atom stereocenters. The lowest BCUT2D eigenvalue weighted by Gasteiger charge is -2.03. The van der Waals surface area contributed by atoms with Crippen LogP contribution in [0.15, 0.2) is 24.3 Å². The van der Waals surface area contributed by atoms with Crippen molar-refractivity contribution in [1.82, 2.24) is 4.98 Å². The monoisotopic (exact) mass is 247 g/mol. The largest absolute Gasteiger partial charge is 0.381 e. The van der Waals surface area contributed by atoms with Gasteiger partial charge in [-0.05, 0) is 24.5 Å². The molecule has 1 aromatic carbocycles. The van der Waals surface area contributed by atoms with Gasteiger partial charge in [-0.25, -0.2) is 4.98 Å². The summed E-state index contributed by atoms with van der Waals surface area (Å²) < 4.78 is 6.37. The summed E-state index contributed by atoms with van der Waals surface area (Å²) in [5, 5.41) is 0.637.